The van der Waals surface area contributed by atoms with Gasteiger partial charge < -0.3 is 9.84 Å². The maximum Gasteiger partial charge on any atom is 0.331 e. The predicted molar refractivity (Wildman–Crippen MR) is 62.6 cm³/mol. The van der Waals surface area contributed by atoms with Crippen LogP contribution in [0.4, 0.5) is 4.39 Å². The van der Waals surface area contributed by atoms with Gasteiger partial charge in [0.15, 0.2) is 0 Å². The summed E-state index contributed by atoms with van der Waals surface area (Å²) in [6.45, 7) is 1.69. The van der Waals surface area contributed by atoms with Crippen molar-refractivity contribution in [2.75, 3.05) is 6.61 Å². The molecule has 1 aromatic rings. The minimum absolute atomic E-state index is 0.0202. The molecule has 0 bridgehead atoms. The van der Waals surface area contributed by atoms with E-state index in [2.05, 4.69) is 0 Å². The number of benzene rings is 1. The molecule has 0 amide bonds. The maximum atomic E-state index is 13.2. The average Bonchev–Trinajstić information content (AvgIpc) is 2.34. The number of ether oxygens (including phenoxy) is 1. The van der Waals surface area contributed by atoms with Gasteiger partial charge in [0, 0.05) is 5.57 Å². The Morgan fingerprint density at radius 2 is 2.33 bits per heavy atom. The summed E-state index contributed by atoms with van der Waals surface area (Å²) in [5, 5.41) is 17.5. The lowest BCUT2D eigenvalue weighted by molar-refractivity contribution is -0.132. The van der Waals surface area contributed by atoms with E-state index >= 15 is 0 Å². The highest BCUT2D eigenvalue weighted by Crippen LogP contribution is 2.20. The molecule has 18 heavy (non-hydrogen) atoms. The third-order valence-corrected chi connectivity index (χ3v) is 2.31. The quantitative estimate of drug-likeness (QED) is 0.814. The van der Waals surface area contributed by atoms with Crippen LogP contribution in [0.1, 0.15) is 18.9 Å². The van der Waals surface area contributed by atoms with Crippen molar-refractivity contribution in [3.05, 3.63) is 41.2 Å². The molecule has 0 heterocycles. The van der Waals surface area contributed by atoms with Crippen molar-refractivity contribution in [2.45, 2.75) is 13.3 Å². The van der Waals surface area contributed by atoms with Crippen LogP contribution >= 0.6 is 0 Å². The van der Waals surface area contributed by atoms with E-state index in [4.69, 9.17) is 15.1 Å². The van der Waals surface area contributed by atoms with E-state index in [0.717, 1.165) is 6.07 Å². The molecule has 0 atom stereocenters. The molecule has 5 heteroatoms. The van der Waals surface area contributed by atoms with Crippen LogP contribution in [0.3, 0.4) is 0 Å². The van der Waals surface area contributed by atoms with Gasteiger partial charge in [0.1, 0.15) is 29.8 Å². The summed E-state index contributed by atoms with van der Waals surface area (Å²) in [5.74, 6) is -1.57. The second kappa shape index (κ2) is 6.40. The number of nitrogens with zero attached hydrogens (tertiary/aromatic N) is 1. The Morgan fingerprint density at radius 3 is 2.89 bits per heavy atom. The lowest BCUT2D eigenvalue weighted by Crippen LogP contribution is -2.04. The molecule has 0 fully saturated rings. The zero-order valence-corrected chi connectivity index (χ0v) is 9.81. The summed E-state index contributed by atoms with van der Waals surface area (Å²) in [7, 11) is 0. The highest BCUT2D eigenvalue weighted by molar-refractivity contribution is 5.86. The van der Waals surface area contributed by atoms with E-state index < -0.39 is 11.8 Å². The fraction of sp³-hybridized carbons (Fsp3) is 0.231. The summed E-state index contributed by atoms with van der Waals surface area (Å²) >= 11 is 0. The standard InChI is InChI=1S/C13H12FNO3/c1-2-9(13(16)17)6-7-18-12-5-3-4-11(14)10(12)8-15/h3-6H,2,7H2,1H3,(H,16,17). The molecule has 0 aliphatic rings. The molecular weight excluding hydrogens is 237 g/mol. The minimum atomic E-state index is -1.01. The highest BCUT2D eigenvalue weighted by Gasteiger charge is 2.09. The molecule has 4 nitrogen and oxygen atoms in total. The third-order valence-electron chi connectivity index (χ3n) is 2.31. The SMILES string of the molecule is CCC(=CCOc1cccc(F)c1C#N)C(=O)O. The van der Waals surface area contributed by atoms with Crippen LogP contribution in [0.2, 0.25) is 0 Å². The zero-order chi connectivity index (χ0) is 13.5. The summed E-state index contributed by atoms with van der Waals surface area (Å²) in [5.41, 5.74) is 0.0317. The number of carboxylic acid groups (broad SMARTS) is 1. The van der Waals surface area contributed by atoms with Gasteiger partial charge >= 0.3 is 5.97 Å². The highest BCUT2D eigenvalue weighted by atomic mass is 19.1. The van der Waals surface area contributed by atoms with Gasteiger partial charge in [-0.25, -0.2) is 9.18 Å². The van der Waals surface area contributed by atoms with E-state index in [1.165, 1.54) is 18.2 Å². The number of rotatable bonds is 5. The van der Waals surface area contributed by atoms with Crippen molar-refractivity contribution in [2.24, 2.45) is 0 Å². The second-order valence-corrected chi connectivity index (χ2v) is 3.42. The maximum absolute atomic E-state index is 13.2. The monoisotopic (exact) mass is 249 g/mol. The first-order chi connectivity index (χ1) is 8.60. The number of halogens is 1. The molecule has 1 aromatic carbocycles. The molecule has 0 unspecified atom stereocenters. The summed E-state index contributed by atoms with van der Waals surface area (Å²) in [6, 6.07) is 5.75. The van der Waals surface area contributed by atoms with Crippen LogP contribution in [-0.2, 0) is 4.79 Å². The largest absolute Gasteiger partial charge is 0.488 e. The molecule has 0 radical (unpaired) electrons. The van der Waals surface area contributed by atoms with Crippen LogP contribution in [0, 0.1) is 17.1 Å². The number of aliphatic carboxylic acids is 1. The first-order valence-electron chi connectivity index (χ1n) is 5.33. The predicted octanol–water partition coefficient (Wildman–Crippen LogP) is 2.50. The van der Waals surface area contributed by atoms with Crippen LogP contribution in [0.5, 0.6) is 5.75 Å². The van der Waals surface area contributed by atoms with Crippen LogP contribution in [0.25, 0.3) is 0 Å². The van der Waals surface area contributed by atoms with E-state index in [0.29, 0.717) is 6.42 Å². The Hall–Kier alpha value is -2.35. The van der Waals surface area contributed by atoms with Gasteiger partial charge in [-0.1, -0.05) is 13.0 Å². The summed E-state index contributed by atoms with van der Waals surface area (Å²) < 4.78 is 18.4. The van der Waals surface area contributed by atoms with E-state index in [-0.39, 0.29) is 23.5 Å². The molecule has 0 saturated carbocycles. The Labute approximate surface area is 104 Å². The lowest BCUT2D eigenvalue weighted by Gasteiger charge is -2.06. The van der Waals surface area contributed by atoms with Gasteiger partial charge in [-0.15, -0.1) is 0 Å². The molecule has 0 aromatic heterocycles. The molecule has 0 aliphatic heterocycles. The Balaban J connectivity index is 2.79. The molecule has 0 saturated heterocycles. The van der Waals surface area contributed by atoms with Crippen molar-refractivity contribution in [1.29, 1.82) is 5.26 Å². The molecule has 1 rings (SSSR count). The Kier molecular flexibility index (Phi) is 4.88. The lowest BCUT2D eigenvalue weighted by atomic mass is 10.2. The van der Waals surface area contributed by atoms with Crippen LogP contribution in [0.15, 0.2) is 29.8 Å². The van der Waals surface area contributed by atoms with Crippen molar-refractivity contribution in [3.63, 3.8) is 0 Å². The molecule has 1 N–H and O–H groups in total. The topological polar surface area (TPSA) is 70.3 Å². The fourth-order valence-electron chi connectivity index (χ4n) is 1.35. The Morgan fingerprint density at radius 1 is 1.61 bits per heavy atom. The minimum Gasteiger partial charge on any atom is -0.488 e. The van der Waals surface area contributed by atoms with Crippen molar-refractivity contribution in [1.82, 2.24) is 0 Å². The number of hydrogen-bond acceptors (Lipinski definition) is 3. The smallest absolute Gasteiger partial charge is 0.331 e. The average molecular weight is 249 g/mol. The van der Waals surface area contributed by atoms with Gasteiger partial charge in [-0.3, -0.25) is 0 Å². The molecule has 0 aliphatic carbocycles. The van der Waals surface area contributed by atoms with E-state index in [1.54, 1.807) is 13.0 Å². The number of hydrogen-bond donors (Lipinski definition) is 1. The van der Waals surface area contributed by atoms with Crippen LogP contribution < -0.4 is 4.74 Å². The third kappa shape index (κ3) is 3.32. The van der Waals surface area contributed by atoms with E-state index in [1.807, 2.05) is 0 Å². The van der Waals surface area contributed by atoms with Gasteiger partial charge in [0.2, 0.25) is 0 Å². The van der Waals surface area contributed by atoms with Gasteiger partial charge in [-0.2, -0.15) is 5.26 Å². The van der Waals surface area contributed by atoms with Gasteiger partial charge in [-0.05, 0) is 24.6 Å². The fourth-order valence-corrected chi connectivity index (χ4v) is 1.35. The van der Waals surface area contributed by atoms with Gasteiger partial charge in [0.25, 0.3) is 0 Å². The first kappa shape index (κ1) is 13.7. The molecule has 0 spiro atoms. The van der Waals surface area contributed by atoms with E-state index in [9.17, 15) is 9.18 Å². The number of nitriles is 1. The normalized spacial score (nSPS) is 10.8. The Bertz CT molecular complexity index is 517. The molecular formula is C13H12FNO3. The first-order valence-corrected chi connectivity index (χ1v) is 5.33. The van der Waals surface area contributed by atoms with Crippen molar-refractivity contribution >= 4 is 5.97 Å². The zero-order valence-electron chi connectivity index (χ0n) is 9.81. The van der Waals surface area contributed by atoms with Crippen molar-refractivity contribution in [3.8, 4) is 11.8 Å². The van der Waals surface area contributed by atoms with Crippen LogP contribution in [-0.4, -0.2) is 17.7 Å². The number of carbonyl (C=O) groups is 1. The molecule has 94 valence electrons. The van der Waals surface area contributed by atoms with Crippen molar-refractivity contribution < 1.29 is 19.0 Å². The second-order valence-electron chi connectivity index (χ2n) is 3.42. The number of carboxylic acids is 1. The van der Waals surface area contributed by atoms with Gasteiger partial charge in [0.05, 0.1) is 0 Å². The summed E-state index contributed by atoms with van der Waals surface area (Å²) in [6.07, 6.45) is 1.77. The summed E-state index contributed by atoms with van der Waals surface area (Å²) in [4.78, 5) is 10.7.